The van der Waals surface area contributed by atoms with E-state index in [-0.39, 0.29) is 37.0 Å². The Bertz CT molecular complexity index is 659. The van der Waals surface area contributed by atoms with Crippen LogP contribution in [0.1, 0.15) is 45.6 Å². The van der Waals surface area contributed by atoms with E-state index in [2.05, 4.69) is 16.0 Å². The number of halogens is 1. The predicted octanol–water partition coefficient (Wildman–Crippen LogP) is 2.30. The van der Waals surface area contributed by atoms with E-state index in [1.54, 1.807) is 39.0 Å². The first-order valence-electron chi connectivity index (χ1n) is 9.41. The molecule has 3 N–H and O–H groups in total. The Balaban J connectivity index is 2.04. The van der Waals surface area contributed by atoms with Gasteiger partial charge in [-0.15, -0.1) is 0 Å². The second kappa shape index (κ2) is 11.9. The SMILES string of the molecule is CC(C)(C)OC(=O)NCCC(=O)NCCCNC(=O)CCc1ccccc1F. The lowest BCUT2D eigenvalue weighted by atomic mass is 10.1. The molecule has 0 unspecified atom stereocenters. The molecule has 0 aliphatic heterocycles. The first-order chi connectivity index (χ1) is 13.2. The minimum absolute atomic E-state index is 0.147. The molecule has 0 radical (unpaired) electrons. The van der Waals surface area contributed by atoms with Crippen LogP contribution in [0, 0.1) is 5.82 Å². The molecular formula is C20H30FN3O4. The van der Waals surface area contributed by atoms with Crippen LogP contribution in [-0.4, -0.2) is 43.1 Å². The molecule has 0 aromatic heterocycles. The summed E-state index contributed by atoms with van der Waals surface area (Å²) in [6.45, 7) is 6.31. The van der Waals surface area contributed by atoms with Crippen LogP contribution in [0.5, 0.6) is 0 Å². The van der Waals surface area contributed by atoms with Crippen LogP contribution in [-0.2, 0) is 20.7 Å². The van der Waals surface area contributed by atoms with E-state index in [0.29, 0.717) is 31.5 Å². The smallest absolute Gasteiger partial charge is 0.407 e. The highest BCUT2D eigenvalue weighted by molar-refractivity contribution is 5.77. The number of hydrogen-bond donors (Lipinski definition) is 3. The Kier molecular flexibility index (Phi) is 9.98. The highest BCUT2D eigenvalue weighted by atomic mass is 19.1. The fraction of sp³-hybridized carbons (Fsp3) is 0.550. The summed E-state index contributed by atoms with van der Waals surface area (Å²) in [5.74, 6) is -0.655. The van der Waals surface area contributed by atoms with Gasteiger partial charge in [0.15, 0.2) is 0 Å². The van der Waals surface area contributed by atoms with Gasteiger partial charge in [-0.3, -0.25) is 9.59 Å². The lowest BCUT2D eigenvalue weighted by molar-refractivity contribution is -0.121. The summed E-state index contributed by atoms with van der Waals surface area (Å²) < 4.78 is 18.5. The zero-order valence-electron chi connectivity index (χ0n) is 16.8. The number of amides is 3. The molecule has 0 bridgehead atoms. The monoisotopic (exact) mass is 395 g/mol. The summed E-state index contributed by atoms with van der Waals surface area (Å²) in [6, 6.07) is 6.39. The van der Waals surface area contributed by atoms with Crippen molar-refractivity contribution in [1.29, 1.82) is 0 Å². The quantitative estimate of drug-likeness (QED) is 0.530. The molecule has 0 saturated heterocycles. The van der Waals surface area contributed by atoms with Gasteiger partial charge in [0.05, 0.1) is 0 Å². The van der Waals surface area contributed by atoms with Crippen molar-refractivity contribution < 1.29 is 23.5 Å². The van der Waals surface area contributed by atoms with Crippen molar-refractivity contribution in [1.82, 2.24) is 16.0 Å². The Morgan fingerprint density at radius 3 is 2.14 bits per heavy atom. The average molecular weight is 395 g/mol. The van der Waals surface area contributed by atoms with Gasteiger partial charge >= 0.3 is 6.09 Å². The van der Waals surface area contributed by atoms with Gasteiger partial charge in [-0.25, -0.2) is 9.18 Å². The van der Waals surface area contributed by atoms with Crippen LogP contribution in [0.2, 0.25) is 0 Å². The number of nitrogens with one attached hydrogen (secondary N) is 3. The summed E-state index contributed by atoms with van der Waals surface area (Å²) in [6.07, 6.45) is 0.729. The van der Waals surface area contributed by atoms with Crippen LogP contribution >= 0.6 is 0 Å². The van der Waals surface area contributed by atoms with Crippen LogP contribution < -0.4 is 16.0 Å². The molecule has 1 aromatic rings. The zero-order valence-corrected chi connectivity index (χ0v) is 16.8. The van der Waals surface area contributed by atoms with E-state index in [0.717, 1.165) is 0 Å². The van der Waals surface area contributed by atoms with Crippen LogP contribution in [0.4, 0.5) is 9.18 Å². The third-order valence-electron chi connectivity index (χ3n) is 3.60. The standard InChI is InChI=1S/C20H30FN3O4/c1-20(2,3)28-19(27)24-14-11-18(26)23-13-6-12-22-17(25)10-9-15-7-4-5-8-16(15)21/h4-5,7-8H,6,9-14H2,1-3H3,(H,22,25)(H,23,26)(H,24,27). The topological polar surface area (TPSA) is 96.5 Å². The number of aryl methyl sites for hydroxylation is 1. The second-order valence-electron chi connectivity index (χ2n) is 7.32. The van der Waals surface area contributed by atoms with E-state index >= 15 is 0 Å². The van der Waals surface area contributed by atoms with Gasteiger partial charge in [0.2, 0.25) is 11.8 Å². The van der Waals surface area contributed by atoms with Gasteiger partial charge in [0.1, 0.15) is 11.4 Å². The molecule has 156 valence electrons. The molecule has 0 aliphatic carbocycles. The van der Waals surface area contributed by atoms with Crippen LogP contribution in [0.15, 0.2) is 24.3 Å². The summed E-state index contributed by atoms with van der Waals surface area (Å²) in [5.41, 5.74) is -0.0589. The summed E-state index contributed by atoms with van der Waals surface area (Å²) in [5, 5.41) is 7.96. The van der Waals surface area contributed by atoms with Crippen molar-refractivity contribution >= 4 is 17.9 Å². The van der Waals surface area contributed by atoms with Crippen molar-refractivity contribution in [2.45, 2.75) is 52.1 Å². The maximum atomic E-state index is 13.5. The Morgan fingerprint density at radius 2 is 1.54 bits per heavy atom. The first-order valence-corrected chi connectivity index (χ1v) is 9.41. The Labute approximate surface area is 165 Å². The molecule has 28 heavy (non-hydrogen) atoms. The largest absolute Gasteiger partial charge is 0.444 e. The molecule has 0 saturated carbocycles. The predicted molar refractivity (Wildman–Crippen MR) is 104 cm³/mol. The molecule has 1 rings (SSSR count). The molecule has 1 aromatic carbocycles. The second-order valence-corrected chi connectivity index (χ2v) is 7.32. The molecule has 0 aliphatic rings. The molecular weight excluding hydrogens is 365 g/mol. The number of alkyl carbamates (subject to hydrolysis) is 1. The van der Waals surface area contributed by atoms with Gasteiger partial charge < -0.3 is 20.7 Å². The van der Waals surface area contributed by atoms with E-state index in [1.807, 2.05) is 0 Å². The molecule has 0 heterocycles. The van der Waals surface area contributed by atoms with Crippen molar-refractivity contribution in [2.24, 2.45) is 0 Å². The lowest BCUT2D eigenvalue weighted by Gasteiger charge is -2.19. The first kappa shape index (κ1) is 23.4. The number of carbonyl (C=O) groups excluding carboxylic acids is 3. The van der Waals surface area contributed by atoms with E-state index in [1.165, 1.54) is 6.07 Å². The third kappa shape index (κ3) is 11.2. The van der Waals surface area contributed by atoms with Crippen LogP contribution in [0.25, 0.3) is 0 Å². The average Bonchev–Trinajstić information content (AvgIpc) is 2.59. The fourth-order valence-corrected chi connectivity index (χ4v) is 2.26. The molecule has 7 nitrogen and oxygen atoms in total. The molecule has 3 amide bonds. The van der Waals surface area contributed by atoms with Gasteiger partial charge in [0, 0.05) is 32.5 Å². The summed E-state index contributed by atoms with van der Waals surface area (Å²) in [4.78, 5) is 34.9. The fourth-order valence-electron chi connectivity index (χ4n) is 2.26. The molecule has 0 spiro atoms. The molecule has 0 fully saturated rings. The lowest BCUT2D eigenvalue weighted by Crippen LogP contribution is -2.35. The number of benzene rings is 1. The van der Waals surface area contributed by atoms with Crippen LogP contribution in [0.3, 0.4) is 0 Å². The number of hydrogen-bond acceptors (Lipinski definition) is 4. The third-order valence-corrected chi connectivity index (χ3v) is 3.60. The van der Waals surface area contributed by atoms with Gasteiger partial charge in [0.25, 0.3) is 0 Å². The molecule has 0 atom stereocenters. The summed E-state index contributed by atoms with van der Waals surface area (Å²) in [7, 11) is 0. The van der Waals surface area contributed by atoms with Crippen molar-refractivity contribution in [3.05, 3.63) is 35.6 Å². The number of rotatable bonds is 10. The van der Waals surface area contributed by atoms with Crippen molar-refractivity contribution in [3.8, 4) is 0 Å². The number of ether oxygens (including phenoxy) is 1. The van der Waals surface area contributed by atoms with E-state index in [4.69, 9.17) is 4.74 Å². The highest BCUT2D eigenvalue weighted by Gasteiger charge is 2.15. The highest BCUT2D eigenvalue weighted by Crippen LogP contribution is 2.08. The van der Waals surface area contributed by atoms with Gasteiger partial charge in [-0.05, 0) is 45.2 Å². The van der Waals surface area contributed by atoms with Gasteiger partial charge in [-0.2, -0.15) is 0 Å². The maximum Gasteiger partial charge on any atom is 0.407 e. The van der Waals surface area contributed by atoms with E-state index in [9.17, 15) is 18.8 Å². The Hall–Kier alpha value is -2.64. The zero-order chi connectivity index (χ0) is 21.0. The van der Waals surface area contributed by atoms with Gasteiger partial charge in [-0.1, -0.05) is 18.2 Å². The maximum absolute atomic E-state index is 13.5. The minimum atomic E-state index is -0.577. The number of carbonyl (C=O) groups is 3. The Morgan fingerprint density at radius 1 is 0.929 bits per heavy atom. The van der Waals surface area contributed by atoms with Crippen molar-refractivity contribution in [3.63, 3.8) is 0 Å². The minimum Gasteiger partial charge on any atom is -0.444 e. The molecule has 8 heteroatoms. The summed E-state index contributed by atoms with van der Waals surface area (Å²) >= 11 is 0. The van der Waals surface area contributed by atoms with Crippen molar-refractivity contribution in [2.75, 3.05) is 19.6 Å². The normalized spacial score (nSPS) is 10.9. The van der Waals surface area contributed by atoms with E-state index < -0.39 is 11.7 Å².